The average Bonchev–Trinajstić information content (AvgIpc) is 2.78. The fourth-order valence-electron chi connectivity index (χ4n) is 2.73. The predicted molar refractivity (Wildman–Crippen MR) is 55.5 cm³/mol. The smallest absolute Gasteiger partial charge is 0.153 e. The molecule has 2 fully saturated rings. The number of hydrogen-bond acceptors (Lipinski definition) is 3. The van der Waals surface area contributed by atoms with Gasteiger partial charge in [0.25, 0.3) is 0 Å². The zero-order valence-corrected chi connectivity index (χ0v) is 8.61. The number of aromatic nitrogens is 2. The van der Waals surface area contributed by atoms with Crippen molar-refractivity contribution in [2.75, 3.05) is 11.4 Å². The Hall–Kier alpha value is -0.830. The number of anilines is 1. The molecule has 0 spiro atoms. The monoisotopic (exact) mass is 209 g/mol. The van der Waals surface area contributed by atoms with Crippen LogP contribution in [-0.4, -0.2) is 22.8 Å². The molecular weight excluding hydrogens is 198 g/mol. The predicted octanol–water partition coefficient (Wildman–Crippen LogP) is 2.12. The van der Waals surface area contributed by atoms with Crippen molar-refractivity contribution in [1.82, 2.24) is 10.2 Å². The summed E-state index contributed by atoms with van der Waals surface area (Å²) in [5, 5.41) is 8.14. The van der Waals surface area contributed by atoms with Gasteiger partial charge in [-0.15, -0.1) is 5.10 Å². The highest BCUT2D eigenvalue weighted by atomic mass is 35.5. The first-order chi connectivity index (χ1) is 6.83. The van der Waals surface area contributed by atoms with E-state index >= 15 is 0 Å². The number of nitrogens with zero attached hydrogens (tertiary/aromatic N) is 3. The van der Waals surface area contributed by atoms with E-state index in [0.717, 1.165) is 17.6 Å². The van der Waals surface area contributed by atoms with E-state index in [1.54, 1.807) is 0 Å². The van der Waals surface area contributed by atoms with Gasteiger partial charge in [0.15, 0.2) is 5.15 Å². The lowest BCUT2D eigenvalue weighted by Crippen LogP contribution is -2.31. The highest BCUT2D eigenvalue weighted by Crippen LogP contribution is 2.40. The summed E-state index contributed by atoms with van der Waals surface area (Å²) < 4.78 is 0. The van der Waals surface area contributed by atoms with Gasteiger partial charge >= 0.3 is 0 Å². The molecule has 74 valence electrons. The summed E-state index contributed by atoms with van der Waals surface area (Å²) in [6.07, 6.45) is 5.88. The number of piperidine rings is 1. The minimum Gasteiger partial charge on any atom is -0.367 e. The van der Waals surface area contributed by atoms with Gasteiger partial charge in [0.2, 0.25) is 0 Å². The first-order valence-corrected chi connectivity index (χ1v) is 5.45. The molecule has 2 unspecified atom stereocenters. The number of hydrogen-bond donors (Lipinski definition) is 0. The summed E-state index contributed by atoms with van der Waals surface area (Å²) in [4.78, 5) is 2.43. The second-order valence-corrected chi connectivity index (χ2v) is 4.61. The topological polar surface area (TPSA) is 29.0 Å². The molecule has 0 aromatic carbocycles. The first-order valence-electron chi connectivity index (χ1n) is 5.08. The summed E-state index contributed by atoms with van der Waals surface area (Å²) in [5.74, 6) is 0.895. The van der Waals surface area contributed by atoms with E-state index in [4.69, 9.17) is 11.6 Å². The van der Waals surface area contributed by atoms with Gasteiger partial charge in [0.05, 0.1) is 11.9 Å². The van der Waals surface area contributed by atoms with Crippen LogP contribution in [0.5, 0.6) is 0 Å². The minimum absolute atomic E-state index is 0.491. The van der Waals surface area contributed by atoms with Crippen LogP contribution in [0.15, 0.2) is 12.3 Å². The quantitative estimate of drug-likeness (QED) is 0.710. The zero-order chi connectivity index (χ0) is 9.54. The SMILES string of the molecule is Clc1cc(N2CC3CCC2C3)cnn1. The lowest BCUT2D eigenvalue weighted by Gasteiger charge is -2.28. The molecule has 0 amide bonds. The molecule has 1 aliphatic carbocycles. The Morgan fingerprint density at radius 3 is 3.00 bits per heavy atom. The molecule has 1 saturated heterocycles. The Bertz CT molecular complexity index is 355. The fourth-order valence-corrected chi connectivity index (χ4v) is 2.88. The Morgan fingerprint density at radius 2 is 2.36 bits per heavy atom. The van der Waals surface area contributed by atoms with Crippen LogP contribution in [0.4, 0.5) is 5.69 Å². The van der Waals surface area contributed by atoms with Gasteiger partial charge in [0, 0.05) is 18.7 Å². The lowest BCUT2D eigenvalue weighted by molar-refractivity contribution is 0.553. The van der Waals surface area contributed by atoms with E-state index in [2.05, 4.69) is 15.1 Å². The summed E-state index contributed by atoms with van der Waals surface area (Å²) in [6.45, 7) is 1.17. The molecule has 2 heterocycles. The van der Waals surface area contributed by atoms with Crippen LogP contribution in [0.1, 0.15) is 19.3 Å². The van der Waals surface area contributed by atoms with Crippen LogP contribution < -0.4 is 4.90 Å². The van der Waals surface area contributed by atoms with Crippen LogP contribution in [0.25, 0.3) is 0 Å². The number of halogens is 1. The van der Waals surface area contributed by atoms with Crippen molar-refractivity contribution in [2.45, 2.75) is 25.3 Å². The third-order valence-corrected chi connectivity index (χ3v) is 3.54. The molecule has 2 atom stereocenters. The summed E-state index contributed by atoms with van der Waals surface area (Å²) >= 11 is 5.83. The Labute approximate surface area is 88.1 Å². The summed E-state index contributed by atoms with van der Waals surface area (Å²) in [5.41, 5.74) is 1.14. The van der Waals surface area contributed by atoms with Crippen molar-refractivity contribution in [3.05, 3.63) is 17.4 Å². The molecule has 3 nitrogen and oxygen atoms in total. The van der Waals surface area contributed by atoms with E-state index in [0.29, 0.717) is 5.15 Å². The van der Waals surface area contributed by atoms with Gasteiger partial charge in [-0.2, -0.15) is 5.10 Å². The fraction of sp³-hybridized carbons (Fsp3) is 0.600. The lowest BCUT2D eigenvalue weighted by atomic mass is 10.1. The van der Waals surface area contributed by atoms with E-state index < -0.39 is 0 Å². The molecule has 2 bridgehead atoms. The molecule has 2 aliphatic rings. The highest BCUT2D eigenvalue weighted by Gasteiger charge is 2.37. The van der Waals surface area contributed by atoms with Gasteiger partial charge in [-0.1, -0.05) is 11.6 Å². The summed E-state index contributed by atoms with van der Waals surface area (Å²) in [7, 11) is 0. The van der Waals surface area contributed by atoms with Crippen molar-refractivity contribution in [3.8, 4) is 0 Å². The van der Waals surface area contributed by atoms with Crippen molar-refractivity contribution in [2.24, 2.45) is 5.92 Å². The molecule has 0 N–H and O–H groups in total. The van der Waals surface area contributed by atoms with E-state index in [-0.39, 0.29) is 0 Å². The molecule has 3 rings (SSSR count). The first kappa shape index (κ1) is 8.48. The van der Waals surface area contributed by atoms with Gasteiger partial charge in [0.1, 0.15) is 0 Å². The third kappa shape index (κ3) is 1.27. The van der Waals surface area contributed by atoms with Crippen molar-refractivity contribution < 1.29 is 0 Å². The molecule has 0 radical (unpaired) electrons. The van der Waals surface area contributed by atoms with Crippen LogP contribution in [0, 0.1) is 5.92 Å². The maximum absolute atomic E-state index is 5.83. The van der Waals surface area contributed by atoms with E-state index in [1.165, 1.54) is 25.8 Å². The van der Waals surface area contributed by atoms with Crippen molar-refractivity contribution >= 4 is 17.3 Å². The van der Waals surface area contributed by atoms with E-state index in [1.807, 2.05) is 12.3 Å². The summed E-state index contributed by atoms with van der Waals surface area (Å²) in [6, 6.07) is 2.63. The van der Waals surface area contributed by atoms with Crippen LogP contribution in [0.3, 0.4) is 0 Å². The largest absolute Gasteiger partial charge is 0.367 e. The Kier molecular flexibility index (Phi) is 1.87. The van der Waals surface area contributed by atoms with Gasteiger partial charge < -0.3 is 4.90 Å². The second-order valence-electron chi connectivity index (χ2n) is 4.22. The maximum Gasteiger partial charge on any atom is 0.153 e. The maximum atomic E-state index is 5.83. The Morgan fingerprint density at radius 1 is 1.43 bits per heavy atom. The van der Waals surface area contributed by atoms with Crippen LogP contribution in [0.2, 0.25) is 5.15 Å². The van der Waals surface area contributed by atoms with Crippen molar-refractivity contribution in [1.29, 1.82) is 0 Å². The minimum atomic E-state index is 0.491. The molecule has 1 aromatic heterocycles. The third-order valence-electron chi connectivity index (χ3n) is 3.35. The average molecular weight is 210 g/mol. The molecule has 1 aliphatic heterocycles. The normalized spacial score (nSPS) is 29.9. The van der Waals surface area contributed by atoms with Crippen LogP contribution >= 0.6 is 11.6 Å². The molecular formula is C10H12ClN3. The molecule has 4 heteroatoms. The molecule has 1 aromatic rings. The number of fused-ring (bicyclic) bond motifs is 2. The Balaban J connectivity index is 1.89. The highest BCUT2D eigenvalue weighted by molar-refractivity contribution is 6.29. The van der Waals surface area contributed by atoms with Gasteiger partial charge in [-0.25, -0.2) is 0 Å². The van der Waals surface area contributed by atoms with Gasteiger partial charge in [-0.3, -0.25) is 0 Å². The van der Waals surface area contributed by atoms with E-state index in [9.17, 15) is 0 Å². The van der Waals surface area contributed by atoms with Gasteiger partial charge in [-0.05, 0) is 25.2 Å². The second kappa shape index (κ2) is 3.09. The number of rotatable bonds is 1. The van der Waals surface area contributed by atoms with Crippen LogP contribution in [-0.2, 0) is 0 Å². The zero-order valence-electron chi connectivity index (χ0n) is 7.86. The molecule has 1 saturated carbocycles. The molecule has 14 heavy (non-hydrogen) atoms. The standard InChI is InChI=1S/C10H12ClN3/c11-10-4-9(5-12-13-10)14-6-7-1-2-8(14)3-7/h4-5,7-8H,1-3,6H2. The van der Waals surface area contributed by atoms with Crippen molar-refractivity contribution in [3.63, 3.8) is 0 Å².